The number of anilines is 2. The molecule has 10 nitrogen and oxygen atoms in total. The molecule has 5 aromatic carbocycles. The van der Waals surface area contributed by atoms with Crippen molar-refractivity contribution in [1.82, 2.24) is 0 Å². The Labute approximate surface area is 451 Å². The highest BCUT2D eigenvalue weighted by molar-refractivity contribution is 6.18. The summed E-state index contributed by atoms with van der Waals surface area (Å²) in [7, 11) is 0. The van der Waals surface area contributed by atoms with Crippen molar-refractivity contribution in [2.75, 3.05) is 23.8 Å². The fourth-order valence-corrected chi connectivity index (χ4v) is 10.4. The standard InChI is InChI=1S/C65H92N6O4/c1-3-5-7-9-11-13-15-17-19-21-23-25-27-29-31-38-51-74-63(72)65(64(73)75-52-39-32-30-28-26-24-22-20-18-16-14-12-10-8-6-4-2)66-60-46-40-45-56-59(49-50-61(67-65)62(56)60)71-70-58-48-47-57(54-43-36-37-44-55(54)58)69-68-53-41-34-33-35-42-53/h33-37,40-50,66-67H,3-32,38-39,51-52H2,1-2H3. The van der Waals surface area contributed by atoms with E-state index in [0.717, 1.165) is 71.4 Å². The van der Waals surface area contributed by atoms with Crippen molar-refractivity contribution >= 4 is 67.6 Å². The molecule has 5 aromatic rings. The van der Waals surface area contributed by atoms with Crippen LogP contribution in [0.25, 0.3) is 21.5 Å². The highest BCUT2D eigenvalue weighted by Gasteiger charge is 2.52. The third-order valence-corrected chi connectivity index (χ3v) is 14.9. The molecular formula is C65H92N6O4. The second kappa shape index (κ2) is 34.8. The summed E-state index contributed by atoms with van der Waals surface area (Å²) in [5.41, 5.74) is 2.11. The fraction of sp³-hybridized carbons (Fsp3) is 0.569. The molecule has 0 saturated carbocycles. The molecule has 75 heavy (non-hydrogen) atoms. The van der Waals surface area contributed by atoms with Crippen molar-refractivity contribution in [3.63, 3.8) is 0 Å². The molecule has 0 saturated heterocycles. The van der Waals surface area contributed by atoms with Gasteiger partial charge in [-0.05, 0) is 55.3 Å². The first-order valence-electron chi connectivity index (χ1n) is 29.9. The molecule has 10 heteroatoms. The number of rotatable bonds is 40. The fourth-order valence-electron chi connectivity index (χ4n) is 10.4. The Morgan fingerprint density at radius 3 is 1.12 bits per heavy atom. The molecule has 0 aromatic heterocycles. The van der Waals surface area contributed by atoms with Gasteiger partial charge in [-0.25, -0.2) is 9.59 Å². The molecule has 0 unspecified atom stereocenters. The van der Waals surface area contributed by atoms with Gasteiger partial charge in [-0.3, -0.25) is 0 Å². The number of carbonyl (C=O) groups is 2. The number of fused-ring (bicyclic) bond motifs is 1. The summed E-state index contributed by atoms with van der Waals surface area (Å²) in [5.74, 6) is -1.38. The summed E-state index contributed by atoms with van der Waals surface area (Å²) in [4.78, 5) is 28.6. The first kappa shape index (κ1) is 58.6. The molecule has 2 N–H and O–H groups in total. The van der Waals surface area contributed by atoms with Crippen LogP contribution in [0.1, 0.15) is 219 Å². The van der Waals surface area contributed by atoms with Crippen LogP contribution in [0.3, 0.4) is 0 Å². The maximum atomic E-state index is 14.3. The van der Waals surface area contributed by atoms with Crippen LogP contribution in [0.15, 0.2) is 118 Å². The van der Waals surface area contributed by atoms with Gasteiger partial charge >= 0.3 is 17.6 Å². The maximum Gasteiger partial charge on any atom is 0.365 e. The van der Waals surface area contributed by atoms with Gasteiger partial charge in [0.2, 0.25) is 0 Å². The van der Waals surface area contributed by atoms with Gasteiger partial charge in [0, 0.05) is 32.9 Å². The SMILES string of the molecule is CCCCCCCCCCCCCCCCCCOC(=O)C1(C(=O)OCCCCCCCCCCCCCCCCCC)Nc2cccc3c(N=Nc4ccc(N=Nc5ccccc5)c5ccccc45)ccc(c23)N1. The summed E-state index contributed by atoms with van der Waals surface area (Å²) in [6.45, 7) is 5.02. The number of nitrogens with one attached hydrogen (secondary N) is 2. The van der Waals surface area contributed by atoms with E-state index in [2.05, 4.69) is 34.7 Å². The summed E-state index contributed by atoms with van der Waals surface area (Å²) < 4.78 is 11.9. The third kappa shape index (κ3) is 19.8. The molecule has 0 fully saturated rings. The normalized spacial score (nSPS) is 12.9. The minimum atomic E-state index is -1.95. The number of ether oxygens (including phenoxy) is 2. The molecule has 1 heterocycles. The Balaban J connectivity index is 1.02. The second-order valence-corrected chi connectivity index (χ2v) is 21.1. The smallest absolute Gasteiger partial charge is 0.365 e. The van der Waals surface area contributed by atoms with Crippen LogP contribution in [0.2, 0.25) is 0 Å². The van der Waals surface area contributed by atoms with Gasteiger partial charge in [-0.1, -0.05) is 261 Å². The first-order valence-corrected chi connectivity index (χ1v) is 29.9. The summed E-state index contributed by atoms with van der Waals surface area (Å²) in [6.07, 6.45) is 40.5. The number of esters is 2. The highest BCUT2D eigenvalue weighted by atomic mass is 16.6. The molecule has 0 spiro atoms. The van der Waals surface area contributed by atoms with E-state index in [9.17, 15) is 9.59 Å². The molecule has 1 aliphatic rings. The van der Waals surface area contributed by atoms with Crippen LogP contribution < -0.4 is 10.6 Å². The van der Waals surface area contributed by atoms with Gasteiger partial charge in [0.1, 0.15) is 0 Å². The largest absolute Gasteiger partial charge is 0.462 e. The number of unbranched alkanes of at least 4 members (excludes halogenated alkanes) is 30. The van der Waals surface area contributed by atoms with E-state index < -0.39 is 17.6 Å². The Morgan fingerprint density at radius 2 is 0.693 bits per heavy atom. The van der Waals surface area contributed by atoms with Gasteiger partial charge in [0.05, 0.1) is 36.0 Å². The van der Waals surface area contributed by atoms with E-state index in [1.807, 2.05) is 97.1 Å². The average Bonchev–Trinajstić information content (AvgIpc) is 3.45. The predicted octanol–water partition coefficient (Wildman–Crippen LogP) is 21.0. The van der Waals surface area contributed by atoms with E-state index >= 15 is 0 Å². The summed E-state index contributed by atoms with van der Waals surface area (Å²) >= 11 is 0. The molecular weight excluding hydrogens is 929 g/mol. The lowest BCUT2D eigenvalue weighted by Crippen LogP contribution is -2.62. The van der Waals surface area contributed by atoms with Crippen molar-refractivity contribution < 1.29 is 19.1 Å². The quantitative estimate of drug-likeness (QED) is 0.0174. The Hall–Kier alpha value is -5.64. The van der Waals surface area contributed by atoms with Crippen molar-refractivity contribution in [2.45, 2.75) is 225 Å². The molecule has 0 amide bonds. The second-order valence-electron chi connectivity index (χ2n) is 21.1. The van der Waals surface area contributed by atoms with Crippen molar-refractivity contribution in [3.8, 4) is 0 Å². The van der Waals surface area contributed by atoms with Crippen LogP contribution in [0.4, 0.5) is 34.1 Å². The van der Waals surface area contributed by atoms with Crippen LogP contribution in [0, 0.1) is 0 Å². The van der Waals surface area contributed by atoms with Crippen LogP contribution in [-0.4, -0.2) is 30.8 Å². The van der Waals surface area contributed by atoms with Gasteiger partial charge in [0.25, 0.3) is 0 Å². The molecule has 0 bridgehead atoms. The van der Waals surface area contributed by atoms with Crippen molar-refractivity contribution in [3.05, 3.63) is 97.1 Å². The topological polar surface area (TPSA) is 126 Å². The minimum Gasteiger partial charge on any atom is -0.462 e. The number of hydrogen-bond donors (Lipinski definition) is 2. The molecule has 6 rings (SSSR count). The van der Waals surface area contributed by atoms with E-state index in [1.165, 1.54) is 167 Å². The Kier molecular flexibility index (Phi) is 27.2. The highest BCUT2D eigenvalue weighted by Crippen LogP contribution is 2.43. The number of benzene rings is 5. The zero-order chi connectivity index (χ0) is 52.4. The van der Waals surface area contributed by atoms with Crippen molar-refractivity contribution in [1.29, 1.82) is 0 Å². The lowest BCUT2D eigenvalue weighted by Gasteiger charge is -2.37. The number of carbonyl (C=O) groups excluding carboxylic acids is 2. The Morgan fingerprint density at radius 1 is 0.360 bits per heavy atom. The minimum absolute atomic E-state index is 0.233. The third-order valence-electron chi connectivity index (χ3n) is 14.9. The molecule has 0 radical (unpaired) electrons. The first-order chi connectivity index (χ1) is 37.0. The monoisotopic (exact) mass is 1020 g/mol. The predicted molar refractivity (Wildman–Crippen MR) is 314 cm³/mol. The van der Waals surface area contributed by atoms with E-state index in [-0.39, 0.29) is 13.2 Å². The van der Waals surface area contributed by atoms with Crippen molar-refractivity contribution in [2.24, 2.45) is 20.5 Å². The van der Waals surface area contributed by atoms with Gasteiger partial charge in [0.15, 0.2) is 0 Å². The maximum absolute atomic E-state index is 14.3. The van der Waals surface area contributed by atoms with E-state index in [1.54, 1.807) is 0 Å². The van der Waals surface area contributed by atoms with Crippen LogP contribution >= 0.6 is 0 Å². The number of azo groups is 2. The summed E-state index contributed by atoms with van der Waals surface area (Å²) in [6, 6.07) is 30.9. The zero-order valence-electron chi connectivity index (χ0n) is 46.2. The summed E-state index contributed by atoms with van der Waals surface area (Å²) in [5, 5.41) is 28.5. The number of nitrogens with zero attached hydrogens (tertiary/aromatic N) is 4. The Bertz CT molecular complexity index is 2410. The zero-order valence-corrected chi connectivity index (χ0v) is 46.2. The van der Waals surface area contributed by atoms with Gasteiger partial charge in [-0.2, -0.15) is 5.11 Å². The molecule has 1 aliphatic heterocycles. The number of hydrogen-bond acceptors (Lipinski definition) is 10. The average molecular weight is 1020 g/mol. The van der Waals surface area contributed by atoms with E-state index in [4.69, 9.17) is 19.7 Å². The van der Waals surface area contributed by atoms with Gasteiger partial charge in [-0.15, -0.1) is 15.3 Å². The molecule has 0 aliphatic carbocycles. The van der Waals surface area contributed by atoms with Crippen LogP contribution in [0.5, 0.6) is 0 Å². The lowest BCUT2D eigenvalue weighted by atomic mass is 9.98. The van der Waals surface area contributed by atoms with E-state index in [0.29, 0.717) is 22.7 Å². The lowest BCUT2D eigenvalue weighted by molar-refractivity contribution is -0.161. The molecule has 406 valence electrons. The molecule has 0 atom stereocenters. The van der Waals surface area contributed by atoms with Gasteiger partial charge < -0.3 is 20.1 Å². The van der Waals surface area contributed by atoms with Crippen LogP contribution in [-0.2, 0) is 19.1 Å².